The van der Waals surface area contributed by atoms with Crippen molar-refractivity contribution < 1.29 is 19.0 Å². The number of nitrogens with one attached hydrogen (secondary N) is 1. The van der Waals surface area contributed by atoms with Crippen LogP contribution in [-0.2, 0) is 6.42 Å². The van der Waals surface area contributed by atoms with Gasteiger partial charge in [0.2, 0.25) is 6.79 Å². The molecule has 0 unspecified atom stereocenters. The maximum Gasteiger partial charge on any atom is 0.317 e. The first-order valence-corrected chi connectivity index (χ1v) is 9.54. The van der Waals surface area contributed by atoms with Gasteiger partial charge in [0, 0.05) is 44.5 Å². The molecule has 7 nitrogen and oxygen atoms in total. The molecule has 2 aliphatic heterocycles. The SMILES string of the molecule is COc1ccccc1CCNC(=O)N1CCN(c2ccc3c(c2)OCO3)CC1. The third kappa shape index (κ3) is 3.93. The fraction of sp³-hybridized carbons (Fsp3) is 0.381. The molecule has 0 spiro atoms. The summed E-state index contributed by atoms with van der Waals surface area (Å²) in [5.41, 5.74) is 2.19. The minimum Gasteiger partial charge on any atom is -0.496 e. The molecule has 2 aliphatic rings. The number of anilines is 1. The Balaban J connectivity index is 1.25. The van der Waals surface area contributed by atoms with Crippen LogP contribution in [0.2, 0.25) is 0 Å². The van der Waals surface area contributed by atoms with Gasteiger partial charge in [-0.05, 0) is 30.2 Å². The Morgan fingerprint density at radius 2 is 1.86 bits per heavy atom. The molecule has 2 aromatic rings. The summed E-state index contributed by atoms with van der Waals surface area (Å²) in [6.45, 7) is 3.83. The standard InChI is InChI=1S/C21H25N3O4/c1-26-18-5-3-2-4-16(18)8-9-22-21(25)24-12-10-23(11-13-24)17-6-7-19-20(14-17)28-15-27-19/h2-7,14H,8-13,15H2,1H3,(H,22,25). The number of ether oxygens (including phenoxy) is 3. The van der Waals surface area contributed by atoms with Crippen LogP contribution in [0.3, 0.4) is 0 Å². The summed E-state index contributed by atoms with van der Waals surface area (Å²) in [5.74, 6) is 2.43. The van der Waals surface area contributed by atoms with Gasteiger partial charge in [0.1, 0.15) is 5.75 Å². The molecular formula is C21H25N3O4. The van der Waals surface area contributed by atoms with E-state index in [1.807, 2.05) is 47.4 Å². The number of para-hydroxylation sites is 1. The van der Waals surface area contributed by atoms with Crippen molar-refractivity contribution in [2.45, 2.75) is 6.42 Å². The van der Waals surface area contributed by atoms with Gasteiger partial charge < -0.3 is 29.3 Å². The number of nitrogens with zero attached hydrogens (tertiary/aromatic N) is 2. The zero-order chi connectivity index (χ0) is 19.3. The van der Waals surface area contributed by atoms with Crippen molar-refractivity contribution in [3.8, 4) is 17.2 Å². The van der Waals surface area contributed by atoms with Gasteiger partial charge in [-0.3, -0.25) is 0 Å². The molecular weight excluding hydrogens is 358 g/mol. The van der Waals surface area contributed by atoms with Crippen molar-refractivity contribution in [3.05, 3.63) is 48.0 Å². The topological polar surface area (TPSA) is 63.3 Å². The lowest BCUT2D eigenvalue weighted by Crippen LogP contribution is -2.52. The smallest absolute Gasteiger partial charge is 0.317 e. The van der Waals surface area contributed by atoms with Crippen LogP contribution in [0.15, 0.2) is 42.5 Å². The number of amides is 2. The van der Waals surface area contributed by atoms with E-state index in [4.69, 9.17) is 14.2 Å². The lowest BCUT2D eigenvalue weighted by Gasteiger charge is -2.36. The zero-order valence-electron chi connectivity index (χ0n) is 16.0. The molecule has 1 fully saturated rings. The van der Waals surface area contributed by atoms with Gasteiger partial charge in [-0.15, -0.1) is 0 Å². The molecule has 0 bridgehead atoms. The minimum atomic E-state index is -0.0137. The quantitative estimate of drug-likeness (QED) is 0.860. The molecule has 0 saturated carbocycles. The number of rotatable bonds is 5. The Morgan fingerprint density at radius 1 is 1.07 bits per heavy atom. The van der Waals surface area contributed by atoms with Gasteiger partial charge in [0.25, 0.3) is 0 Å². The van der Waals surface area contributed by atoms with Crippen LogP contribution in [0, 0.1) is 0 Å². The third-order valence-electron chi connectivity index (χ3n) is 5.15. The number of hydrogen-bond acceptors (Lipinski definition) is 5. The summed E-state index contributed by atoms with van der Waals surface area (Å²) in [7, 11) is 1.66. The molecule has 2 amide bonds. The predicted molar refractivity (Wildman–Crippen MR) is 106 cm³/mol. The van der Waals surface area contributed by atoms with Gasteiger partial charge >= 0.3 is 6.03 Å². The zero-order valence-corrected chi connectivity index (χ0v) is 16.0. The van der Waals surface area contributed by atoms with Gasteiger partial charge in [-0.2, -0.15) is 0 Å². The lowest BCUT2D eigenvalue weighted by atomic mass is 10.1. The predicted octanol–water partition coefficient (Wildman–Crippen LogP) is 2.50. The summed E-state index contributed by atoms with van der Waals surface area (Å²) in [4.78, 5) is 16.6. The molecule has 4 rings (SSSR count). The first-order chi connectivity index (χ1) is 13.7. The maximum atomic E-state index is 12.5. The van der Waals surface area contributed by atoms with Crippen LogP contribution in [0.25, 0.3) is 0 Å². The van der Waals surface area contributed by atoms with E-state index in [1.54, 1.807) is 7.11 Å². The first kappa shape index (κ1) is 18.3. The number of hydrogen-bond donors (Lipinski definition) is 1. The van der Waals surface area contributed by atoms with Crippen LogP contribution in [0.5, 0.6) is 17.2 Å². The van der Waals surface area contributed by atoms with Gasteiger partial charge in [-0.25, -0.2) is 4.79 Å². The molecule has 28 heavy (non-hydrogen) atoms. The Hall–Kier alpha value is -3.09. The summed E-state index contributed by atoms with van der Waals surface area (Å²) >= 11 is 0. The number of urea groups is 1. The van der Waals surface area contributed by atoms with Crippen LogP contribution >= 0.6 is 0 Å². The summed E-state index contributed by atoms with van der Waals surface area (Å²) in [6.07, 6.45) is 0.743. The molecule has 0 aromatic heterocycles. The highest BCUT2D eigenvalue weighted by molar-refractivity contribution is 5.74. The van der Waals surface area contributed by atoms with Crippen molar-refractivity contribution >= 4 is 11.7 Å². The Morgan fingerprint density at radius 3 is 2.68 bits per heavy atom. The molecule has 7 heteroatoms. The molecule has 2 heterocycles. The number of fused-ring (bicyclic) bond motifs is 1. The Bertz CT molecular complexity index is 834. The van der Waals surface area contributed by atoms with Crippen LogP contribution < -0.4 is 24.4 Å². The molecule has 0 aliphatic carbocycles. The highest BCUT2D eigenvalue weighted by atomic mass is 16.7. The van der Waals surface area contributed by atoms with E-state index in [0.717, 1.165) is 48.0 Å². The van der Waals surface area contributed by atoms with Crippen molar-refractivity contribution in [3.63, 3.8) is 0 Å². The fourth-order valence-electron chi connectivity index (χ4n) is 3.58. The van der Waals surface area contributed by atoms with E-state index in [1.165, 1.54) is 0 Å². The first-order valence-electron chi connectivity index (χ1n) is 9.54. The minimum absolute atomic E-state index is 0.0137. The van der Waals surface area contributed by atoms with Crippen molar-refractivity contribution in [1.82, 2.24) is 10.2 Å². The summed E-state index contributed by atoms with van der Waals surface area (Å²) in [6, 6.07) is 13.9. The number of benzene rings is 2. The van der Waals surface area contributed by atoms with Crippen molar-refractivity contribution in [2.75, 3.05) is 51.5 Å². The average molecular weight is 383 g/mol. The summed E-state index contributed by atoms with van der Waals surface area (Å²) in [5, 5.41) is 3.02. The van der Waals surface area contributed by atoms with Crippen molar-refractivity contribution in [1.29, 1.82) is 0 Å². The second kappa shape index (κ2) is 8.29. The molecule has 1 N–H and O–H groups in total. The monoisotopic (exact) mass is 383 g/mol. The second-order valence-electron chi connectivity index (χ2n) is 6.81. The van der Waals surface area contributed by atoms with E-state index < -0.39 is 0 Å². The number of piperazine rings is 1. The Kier molecular flexibility index (Phi) is 5.41. The van der Waals surface area contributed by atoms with Gasteiger partial charge in [0.05, 0.1) is 7.11 Å². The van der Waals surface area contributed by atoms with Crippen LogP contribution in [-0.4, -0.2) is 57.6 Å². The molecule has 148 valence electrons. The second-order valence-corrected chi connectivity index (χ2v) is 6.81. The van der Waals surface area contributed by atoms with Crippen LogP contribution in [0.4, 0.5) is 10.5 Å². The largest absolute Gasteiger partial charge is 0.496 e. The number of methoxy groups -OCH3 is 1. The molecule has 2 aromatic carbocycles. The third-order valence-corrected chi connectivity index (χ3v) is 5.15. The van der Waals surface area contributed by atoms with Gasteiger partial charge in [-0.1, -0.05) is 18.2 Å². The Labute approximate surface area is 164 Å². The fourth-order valence-corrected chi connectivity index (χ4v) is 3.58. The van der Waals surface area contributed by atoms with E-state index in [-0.39, 0.29) is 12.8 Å². The molecule has 0 atom stereocenters. The molecule has 1 saturated heterocycles. The van der Waals surface area contributed by atoms with Gasteiger partial charge in [0.15, 0.2) is 11.5 Å². The number of carbonyl (C=O) groups is 1. The average Bonchev–Trinajstić information content (AvgIpc) is 3.22. The van der Waals surface area contributed by atoms with E-state index in [9.17, 15) is 4.79 Å². The normalized spacial score (nSPS) is 15.5. The van der Waals surface area contributed by atoms with Crippen LogP contribution in [0.1, 0.15) is 5.56 Å². The van der Waals surface area contributed by atoms with Crippen molar-refractivity contribution in [2.24, 2.45) is 0 Å². The van der Waals surface area contributed by atoms with E-state index in [0.29, 0.717) is 19.6 Å². The highest BCUT2D eigenvalue weighted by Crippen LogP contribution is 2.35. The highest BCUT2D eigenvalue weighted by Gasteiger charge is 2.22. The maximum absolute atomic E-state index is 12.5. The number of carbonyl (C=O) groups excluding carboxylic acids is 1. The summed E-state index contributed by atoms with van der Waals surface area (Å²) < 4.78 is 16.2. The lowest BCUT2D eigenvalue weighted by molar-refractivity contribution is 0.174. The van der Waals surface area contributed by atoms with E-state index in [2.05, 4.69) is 10.2 Å². The van der Waals surface area contributed by atoms with E-state index >= 15 is 0 Å². The molecule has 0 radical (unpaired) electrons.